The van der Waals surface area contributed by atoms with E-state index in [1.807, 2.05) is 24.3 Å². The van der Waals surface area contributed by atoms with Gasteiger partial charge in [-0.3, -0.25) is 0 Å². The summed E-state index contributed by atoms with van der Waals surface area (Å²) in [6, 6.07) is 11.0. The van der Waals surface area contributed by atoms with Crippen LogP contribution in [0.5, 0.6) is 5.88 Å². The van der Waals surface area contributed by atoms with Crippen LogP contribution in [-0.2, 0) is 5.60 Å². The lowest BCUT2D eigenvalue weighted by molar-refractivity contribution is -0.0492. The Bertz CT molecular complexity index is 701. The highest BCUT2D eigenvalue weighted by atomic mass is 16.5. The van der Waals surface area contributed by atoms with Gasteiger partial charge in [0.2, 0.25) is 5.88 Å². The summed E-state index contributed by atoms with van der Waals surface area (Å²) in [6.45, 7) is 0. The molecular weight excluding hydrogens is 276 g/mol. The van der Waals surface area contributed by atoms with Gasteiger partial charge >= 0.3 is 0 Å². The predicted octanol–water partition coefficient (Wildman–Crippen LogP) is 2.69. The van der Waals surface area contributed by atoms with Gasteiger partial charge in [-0.15, -0.1) is 0 Å². The molecule has 2 fully saturated rings. The minimum absolute atomic E-state index is 0.508. The summed E-state index contributed by atoms with van der Waals surface area (Å²) in [5, 5.41) is 12.3. The van der Waals surface area contributed by atoms with Crippen molar-refractivity contribution in [3.8, 4) is 5.88 Å². The Morgan fingerprint density at radius 3 is 2.59 bits per heavy atom. The van der Waals surface area contributed by atoms with E-state index in [1.54, 1.807) is 7.11 Å². The number of fused-ring (bicyclic) bond motifs is 3. The van der Waals surface area contributed by atoms with Gasteiger partial charge in [0.15, 0.2) is 0 Å². The molecule has 4 rings (SSSR count). The molecule has 2 aliphatic heterocycles. The molecule has 2 aromatic rings. The average molecular weight is 298 g/mol. The summed E-state index contributed by atoms with van der Waals surface area (Å²) in [5.41, 5.74) is 1.23. The number of hydrogen-bond donors (Lipinski definition) is 1. The van der Waals surface area contributed by atoms with Crippen molar-refractivity contribution < 1.29 is 9.84 Å². The van der Waals surface area contributed by atoms with E-state index in [4.69, 9.17) is 4.74 Å². The molecule has 0 radical (unpaired) electrons. The molecule has 0 saturated carbocycles. The molecule has 1 aromatic heterocycles. The molecule has 0 amide bonds. The summed E-state index contributed by atoms with van der Waals surface area (Å²) in [6.07, 6.45) is 4.07. The first kappa shape index (κ1) is 14.0. The Hall–Kier alpha value is -1.65. The molecule has 2 atom stereocenters. The molecule has 4 nitrogen and oxygen atoms in total. The third-order valence-corrected chi connectivity index (χ3v) is 5.54. The predicted molar refractivity (Wildman–Crippen MR) is 86.0 cm³/mol. The second-order valence-electron chi connectivity index (χ2n) is 6.75. The van der Waals surface area contributed by atoms with Gasteiger partial charge in [0, 0.05) is 23.5 Å². The van der Waals surface area contributed by atoms with Crippen molar-refractivity contribution in [2.45, 2.75) is 43.4 Å². The zero-order valence-electron chi connectivity index (χ0n) is 13.1. The molecule has 22 heavy (non-hydrogen) atoms. The molecule has 0 aliphatic carbocycles. The van der Waals surface area contributed by atoms with E-state index >= 15 is 0 Å². The fraction of sp³-hybridized carbons (Fsp3) is 0.500. The quantitative estimate of drug-likeness (QED) is 0.926. The van der Waals surface area contributed by atoms with E-state index in [-0.39, 0.29) is 0 Å². The topological polar surface area (TPSA) is 45.6 Å². The summed E-state index contributed by atoms with van der Waals surface area (Å²) in [4.78, 5) is 6.89. The lowest BCUT2D eigenvalue weighted by Gasteiger charge is -2.42. The van der Waals surface area contributed by atoms with Crippen LogP contribution in [0, 0.1) is 0 Å². The number of hydrogen-bond acceptors (Lipinski definition) is 4. The molecule has 0 spiro atoms. The van der Waals surface area contributed by atoms with Gasteiger partial charge in [-0.25, -0.2) is 4.98 Å². The maximum absolute atomic E-state index is 11.2. The van der Waals surface area contributed by atoms with Crippen LogP contribution < -0.4 is 4.74 Å². The molecular formula is C18H22N2O2. The summed E-state index contributed by atoms with van der Waals surface area (Å²) >= 11 is 0. The molecule has 3 heterocycles. The largest absolute Gasteiger partial charge is 0.481 e. The zero-order valence-corrected chi connectivity index (χ0v) is 13.1. The fourth-order valence-electron chi connectivity index (χ4n) is 4.19. The molecule has 116 valence electrons. The molecule has 2 unspecified atom stereocenters. The lowest BCUT2D eigenvalue weighted by Crippen LogP contribution is -2.47. The highest BCUT2D eigenvalue weighted by molar-refractivity contribution is 5.80. The third kappa shape index (κ3) is 2.09. The number of benzene rings is 1. The highest BCUT2D eigenvalue weighted by Gasteiger charge is 2.46. The van der Waals surface area contributed by atoms with E-state index in [0.717, 1.165) is 29.3 Å². The monoisotopic (exact) mass is 298 g/mol. The normalized spacial score (nSPS) is 31.6. The molecule has 1 N–H and O–H groups in total. The number of ether oxygens (including phenoxy) is 1. The van der Waals surface area contributed by atoms with Crippen LogP contribution in [0.25, 0.3) is 10.9 Å². The Balaban J connectivity index is 1.71. The van der Waals surface area contributed by atoms with Crippen molar-refractivity contribution in [3.05, 3.63) is 35.9 Å². The van der Waals surface area contributed by atoms with Crippen molar-refractivity contribution in [2.24, 2.45) is 0 Å². The molecule has 2 saturated heterocycles. The number of piperidine rings is 1. The van der Waals surface area contributed by atoms with Crippen LogP contribution in [0.4, 0.5) is 0 Å². The maximum Gasteiger partial charge on any atom is 0.213 e. The highest BCUT2D eigenvalue weighted by Crippen LogP contribution is 2.45. The maximum atomic E-state index is 11.2. The smallest absolute Gasteiger partial charge is 0.213 e. The standard InChI is InChI=1S/C18H22N2O2/c1-20-14-5-6-15(20)11-18(21,10-14)13-4-7-16-12(9-13)3-8-17(19-16)22-2/h3-4,7-9,14-15,21H,5-6,10-11H2,1-2H3. The Kier molecular flexibility index (Phi) is 3.13. The van der Waals surface area contributed by atoms with Crippen LogP contribution in [0.15, 0.2) is 30.3 Å². The van der Waals surface area contributed by atoms with Gasteiger partial charge in [-0.1, -0.05) is 6.07 Å². The van der Waals surface area contributed by atoms with E-state index in [2.05, 4.69) is 23.0 Å². The average Bonchev–Trinajstić information content (AvgIpc) is 2.75. The molecule has 2 bridgehead atoms. The number of aromatic nitrogens is 1. The number of pyridine rings is 1. The summed E-state index contributed by atoms with van der Waals surface area (Å²) < 4.78 is 5.17. The van der Waals surface area contributed by atoms with Gasteiger partial charge in [0.05, 0.1) is 18.2 Å². The fourth-order valence-corrected chi connectivity index (χ4v) is 4.19. The minimum Gasteiger partial charge on any atom is -0.481 e. The van der Waals surface area contributed by atoms with Crippen molar-refractivity contribution in [3.63, 3.8) is 0 Å². The van der Waals surface area contributed by atoms with Gasteiger partial charge in [-0.2, -0.15) is 0 Å². The van der Waals surface area contributed by atoms with Crippen LogP contribution in [0.2, 0.25) is 0 Å². The van der Waals surface area contributed by atoms with Gasteiger partial charge < -0.3 is 14.7 Å². The minimum atomic E-state index is -0.702. The summed E-state index contributed by atoms with van der Waals surface area (Å²) in [5.74, 6) is 0.622. The van der Waals surface area contributed by atoms with Crippen molar-refractivity contribution in [1.82, 2.24) is 9.88 Å². The Morgan fingerprint density at radius 2 is 1.91 bits per heavy atom. The van der Waals surface area contributed by atoms with E-state index in [9.17, 15) is 5.11 Å². The number of methoxy groups -OCH3 is 1. The third-order valence-electron chi connectivity index (χ3n) is 5.54. The first-order chi connectivity index (χ1) is 10.6. The van der Waals surface area contributed by atoms with Crippen LogP contribution in [0.1, 0.15) is 31.2 Å². The van der Waals surface area contributed by atoms with E-state index in [1.165, 1.54) is 12.8 Å². The van der Waals surface area contributed by atoms with Gasteiger partial charge in [0.25, 0.3) is 0 Å². The Morgan fingerprint density at radius 1 is 1.18 bits per heavy atom. The van der Waals surface area contributed by atoms with Gasteiger partial charge in [0.1, 0.15) is 0 Å². The van der Waals surface area contributed by atoms with Crippen LogP contribution in [0.3, 0.4) is 0 Å². The summed E-state index contributed by atoms with van der Waals surface area (Å²) in [7, 11) is 3.82. The number of nitrogens with zero attached hydrogens (tertiary/aromatic N) is 2. The van der Waals surface area contributed by atoms with Crippen molar-refractivity contribution in [1.29, 1.82) is 0 Å². The van der Waals surface area contributed by atoms with E-state index < -0.39 is 5.60 Å². The van der Waals surface area contributed by atoms with Crippen LogP contribution in [-0.4, -0.2) is 41.2 Å². The molecule has 4 heteroatoms. The van der Waals surface area contributed by atoms with Gasteiger partial charge in [-0.05, 0) is 56.5 Å². The SMILES string of the molecule is COc1ccc2cc(C3(O)CC4CCC(C3)N4C)ccc2n1. The molecule has 1 aromatic carbocycles. The zero-order chi connectivity index (χ0) is 15.3. The Labute approximate surface area is 130 Å². The second kappa shape index (κ2) is 4.93. The first-order valence-electron chi connectivity index (χ1n) is 7.99. The second-order valence-corrected chi connectivity index (χ2v) is 6.75. The van der Waals surface area contributed by atoms with Crippen LogP contribution >= 0.6 is 0 Å². The lowest BCUT2D eigenvalue weighted by atomic mass is 9.80. The van der Waals surface area contributed by atoms with Crippen molar-refractivity contribution in [2.75, 3.05) is 14.2 Å². The number of aliphatic hydroxyl groups is 1. The van der Waals surface area contributed by atoms with E-state index in [0.29, 0.717) is 18.0 Å². The van der Waals surface area contributed by atoms with Crippen molar-refractivity contribution >= 4 is 10.9 Å². The molecule has 2 aliphatic rings. The number of rotatable bonds is 2. The first-order valence-corrected chi connectivity index (χ1v) is 7.99.